The SMILES string of the molecule is CC1=Cc2c(c(-c3cccc4ccccc34)c3ccccc3c2-c2cccc3ccccc23)CC2CC12. The number of fused-ring (bicyclic) bond motifs is 5. The summed E-state index contributed by atoms with van der Waals surface area (Å²) < 4.78 is 0. The molecule has 6 aromatic rings. The summed E-state index contributed by atoms with van der Waals surface area (Å²) in [6.45, 7) is 2.36. The molecule has 2 atom stereocenters. The van der Waals surface area contributed by atoms with Crippen molar-refractivity contribution in [2.45, 2.75) is 19.8 Å². The molecule has 0 radical (unpaired) electrons. The summed E-state index contributed by atoms with van der Waals surface area (Å²) in [6.07, 6.45) is 5.02. The first-order valence-corrected chi connectivity index (χ1v) is 13.5. The van der Waals surface area contributed by atoms with Gasteiger partial charge in [-0.15, -0.1) is 0 Å². The maximum absolute atomic E-state index is 2.55. The van der Waals surface area contributed by atoms with Crippen molar-refractivity contribution >= 4 is 38.4 Å². The maximum Gasteiger partial charge on any atom is -0.00234 e. The molecule has 6 aromatic carbocycles. The Morgan fingerprint density at radius 2 is 1.05 bits per heavy atom. The molecule has 0 aromatic heterocycles. The highest BCUT2D eigenvalue weighted by Crippen LogP contribution is 2.54. The molecule has 0 heterocycles. The molecule has 0 bridgehead atoms. The predicted molar refractivity (Wildman–Crippen MR) is 159 cm³/mol. The van der Waals surface area contributed by atoms with Gasteiger partial charge in [0.1, 0.15) is 0 Å². The van der Waals surface area contributed by atoms with Crippen molar-refractivity contribution < 1.29 is 0 Å². The second kappa shape index (κ2) is 7.92. The summed E-state index contributed by atoms with van der Waals surface area (Å²) in [4.78, 5) is 0. The van der Waals surface area contributed by atoms with Crippen molar-refractivity contribution in [3.8, 4) is 22.3 Å². The summed E-state index contributed by atoms with van der Waals surface area (Å²) in [6, 6.07) is 40.4. The molecule has 1 saturated carbocycles. The lowest BCUT2D eigenvalue weighted by atomic mass is 9.80. The van der Waals surface area contributed by atoms with Crippen LogP contribution in [0.4, 0.5) is 0 Å². The molecule has 176 valence electrons. The van der Waals surface area contributed by atoms with Gasteiger partial charge in [0.15, 0.2) is 0 Å². The standard InChI is InChI=1S/C37H28/c1-23-20-34-35(22-26-21-33(23)26)37(30-19-9-13-25-11-3-5-15-28(25)30)32-17-7-6-16-31(32)36(34)29-18-8-12-24-10-2-4-14-27(24)29/h2-20,26,33H,21-22H2,1H3. The summed E-state index contributed by atoms with van der Waals surface area (Å²) in [7, 11) is 0. The molecule has 0 aliphatic heterocycles. The van der Waals surface area contributed by atoms with E-state index in [0.29, 0.717) is 0 Å². The molecule has 2 aliphatic rings. The van der Waals surface area contributed by atoms with Gasteiger partial charge in [-0.25, -0.2) is 0 Å². The Labute approximate surface area is 217 Å². The van der Waals surface area contributed by atoms with Crippen LogP contribution in [0.5, 0.6) is 0 Å². The van der Waals surface area contributed by atoms with Crippen LogP contribution >= 0.6 is 0 Å². The summed E-state index contributed by atoms with van der Waals surface area (Å²) in [5.74, 6) is 1.49. The van der Waals surface area contributed by atoms with E-state index in [2.05, 4.69) is 122 Å². The van der Waals surface area contributed by atoms with E-state index < -0.39 is 0 Å². The van der Waals surface area contributed by atoms with Crippen LogP contribution in [0.15, 0.2) is 115 Å². The van der Waals surface area contributed by atoms with Crippen LogP contribution in [0.1, 0.15) is 24.5 Å². The highest BCUT2D eigenvalue weighted by molar-refractivity contribution is 6.16. The van der Waals surface area contributed by atoms with Gasteiger partial charge in [-0.3, -0.25) is 0 Å². The minimum absolute atomic E-state index is 0.733. The lowest BCUT2D eigenvalue weighted by Gasteiger charge is -2.23. The quantitative estimate of drug-likeness (QED) is 0.235. The third-order valence-electron chi connectivity index (χ3n) is 8.83. The molecule has 2 aliphatic carbocycles. The maximum atomic E-state index is 2.55. The smallest absolute Gasteiger partial charge is 0.00234 e. The normalized spacial score (nSPS) is 18.4. The van der Waals surface area contributed by atoms with Gasteiger partial charge in [0.05, 0.1) is 0 Å². The Kier molecular flexibility index (Phi) is 4.49. The van der Waals surface area contributed by atoms with Crippen molar-refractivity contribution in [3.05, 3.63) is 126 Å². The highest BCUT2D eigenvalue weighted by Gasteiger charge is 2.41. The molecule has 0 heteroatoms. The fourth-order valence-corrected chi connectivity index (χ4v) is 7.00. The van der Waals surface area contributed by atoms with E-state index in [1.807, 2.05) is 0 Å². The van der Waals surface area contributed by atoms with Gasteiger partial charge in [0.25, 0.3) is 0 Å². The predicted octanol–water partition coefficient (Wildman–Crippen LogP) is 10.1. The molecule has 0 N–H and O–H groups in total. The molecule has 0 nitrogen and oxygen atoms in total. The fraction of sp³-hybridized carbons (Fsp3) is 0.135. The van der Waals surface area contributed by atoms with E-state index in [0.717, 1.165) is 18.3 Å². The largest absolute Gasteiger partial charge is 0.0693 e. The van der Waals surface area contributed by atoms with Gasteiger partial charge >= 0.3 is 0 Å². The Morgan fingerprint density at radius 3 is 1.70 bits per heavy atom. The van der Waals surface area contributed by atoms with E-state index in [4.69, 9.17) is 0 Å². The first-order valence-electron chi connectivity index (χ1n) is 13.5. The van der Waals surface area contributed by atoms with E-state index in [-0.39, 0.29) is 0 Å². The van der Waals surface area contributed by atoms with Crippen molar-refractivity contribution in [3.63, 3.8) is 0 Å². The fourth-order valence-electron chi connectivity index (χ4n) is 7.00. The number of hydrogen-bond acceptors (Lipinski definition) is 0. The minimum atomic E-state index is 0.733. The highest BCUT2D eigenvalue weighted by atomic mass is 14.5. The minimum Gasteiger partial charge on any atom is -0.0693 e. The first kappa shape index (κ1) is 21.0. The van der Waals surface area contributed by atoms with Crippen LogP contribution in [0, 0.1) is 11.8 Å². The van der Waals surface area contributed by atoms with E-state index in [1.165, 1.54) is 72.1 Å². The van der Waals surface area contributed by atoms with Crippen LogP contribution < -0.4 is 0 Å². The molecule has 0 saturated heterocycles. The van der Waals surface area contributed by atoms with Crippen LogP contribution in [0.25, 0.3) is 60.6 Å². The zero-order valence-corrected chi connectivity index (χ0v) is 21.0. The van der Waals surface area contributed by atoms with Gasteiger partial charge in [-0.1, -0.05) is 121 Å². The molecule has 0 amide bonds. The van der Waals surface area contributed by atoms with Crippen LogP contribution in [-0.2, 0) is 6.42 Å². The number of benzene rings is 6. The molecule has 8 rings (SSSR count). The number of allylic oxidation sites excluding steroid dienone is 1. The molecular formula is C37H28. The van der Waals surface area contributed by atoms with Gasteiger partial charge in [-0.05, 0) is 97.3 Å². The third kappa shape index (κ3) is 3.15. The van der Waals surface area contributed by atoms with E-state index in [1.54, 1.807) is 5.57 Å². The Balaban J connectivity index is 1.57. The Bertz CT molecular complexity index is 1890. The average Bonchev–Trinajstić information content (AvgIpc) is 3.73. The lowest BCUT2D eigenvalue weighted by Crippen LogP contribution is -2.01. The van der Waals surface area contributed by atoms with Crippen LogP contribution in [-0.4, -0.2) is 0 Å². The van der Waals surface area contributed by atoms with E-state index >= 15 is 0 Å². The lowest BCUT2D eigenvalue weighted by molar-refractivity contribution is 0.773. The monoisotopic (exact) mass is 472 g/mol. The van der Waals surface area contributed by atoms with Gasteiger partial charge in [-0.2, -0.15) is 0 Å². The average molecular weight is 473 g/mol. The second-order valence-electron chi connectivity index (χ2n) is 10.9. The van der Waals surface area contributed by atoms with Gasteiger partial charge < -0.3 is 0 Å². The summed E-state index contributed by atoms with van der Waals surface area (Å²) >= 11 is 0. The van der Waals surface area contributed by atoms with E-state index in [9.17, 15) is 0 Å². The third-order valence-corrected chi connectivity index (χ3v) is 8.83. The summed E-state index contributed by atoms with van der Waals surface area (Å²) in [5.41, 5.74) is 10.0. The second-order valence-corrected chi connectivity index (χ2v) is 10.9. The Hall–Kier alpha value is -4.16. The van der Waals surface area contributed by atoms with Crippen LogP contribution in [0.3, 0.4) is 0 Å². The zero-order chi connectivity index (χ0) is 24.5. The van der Waals surface area contributed by atoms with Gasteiger partial charge in [0, 0.05) is 0 Å². The summed E-state index contributed by atoms with van der Waals surface area (Å²) in [5, 5.41) is 7.99. The van der Waals surface area contributed by atoms with Crippen molar-refractivity contribution in [2.24, 2.45) is 11.8 Å². The zero-order valence-electron chi connectivity index (χ0n) is 21.0. The van der Waals surface area contributed by atoms with Crippen molar-refractivity contribution in [1.82, 2.24) is 0 Å². The number of rotatable bonds is 2. The molecular weight excluding hydrogens is 444 g/mol. The molecule has 2 unspecified atom stereocenters. The number of hydrogen-bond donors (Lipinski definition) is 0. The molecule has 0 spiro atoms. The Morgan fingerprint density at radius 1 is 0.541 bits per heavy atom. The van der Waals surface area contributed by atoms with Crippen LogP contribution in [0.2, 0.25) is 0 Å². The molecule has 1 fully saturated rings. The molecule has 37 heavy (non-hydrogen) atoms. The first-order chi connectivity index (χ1) is 18.3. The van der Waals surface area contributed by atoms with Gasteiger partial charge in [0.2, 0.25) is 0 Å². The van der Waals surface area contributed by atoms with Crippen molar-refractivity contribution in [2.75, 3.05) is 0 Å². The van der Waals surface area contributed by atoms with Crippen molar-refractivity contribution in [1.29, 1.82) is 0 Å². The topological polar surface area (TPSA) is 0 Å².